The Kier molecular flexibility index (Phi) is 3.68. The van der Waals surface area contributed by atoms with Crippen molar-refractivity contribution in [3.63, 3.8) is 0 Å². The first-order chi connectivity index (χ1) is 4.25. The first-order valence-corrected chi connectivity index (χ1v) is 3.18. The molecule has 0 aromatic carbocycles. The summed E-state index contributed by atoms with van der Waals surface area (Å²) in [6.45, 7) is 0.525. The second kappa shape index (κ2) is 3.78. The molecule has 0 aromatic heterocycles. The minimum absolute atomic E-state index is 0. The highest BCUT2D eigenvalue weighted by Gasteiger charge is 2.34. The number of aliphatic carboxylic acids is 1. The number of hydrogen-bond acceptors (Lipinski definition) is 2. The predicted octanol–water partition coefficient (Wildman–Crippen LogP) is 0.478. The number of carbonyl (C=O) groups is 1. The zero-order chi connectivity index (χ0) is 6.85. The van der Waals surface area contributed by atoms with E-state index in [1.807, 2.05) is 0 Å². The highest BCUT2D eigenvalue weighted by Crippen LogP contribution is 2.33. The fraction of sp³-hybridized carbons (Fsp3) is 0.833. The summed E-state index contributed by atoms with van der Waals surface area (Å²) in [4.78, 5) is 10.3. The van der Waals surface area contributed by atoms with E-state index in [4.69, 9.17) is 10.8 Å². The highest BCUT2D eigenvalue weighted by atomic mass is 35.5. The van der Waals surface area contributed by atoms with Gasteiger partial charge in [-0.3, -0.25) is 4.79 Å². The van der Waals surface area contributed by atoms with Crippen LogP contribution in [0.1, 0.15) is 12.8 Å². The molecule has 0 heterocycles. The molecule has 1 aliphatic rings. The number of carboxylic acids is 1. The van der Waals surface area contributed by atoms with E-state index >= 15 is 0 Å². The van der Waals surface area contributed by atoms with Gasteiger partial charge in [-0.1, -0.05) is 0 Å². The largest absolute Gasteiger partial charge is 0.481 e. The Bertz CT molecular complexity index is 127. The number of hydrogen-bond donors (Lipinski definition) is 2. The molecule has 0 saturated heterocycles. The molecule has 0 unspecified atom stereocenters. The summed E-state index contributed by atoms with van der Waals surface area (Å²) in [5.41, 5.74) is 5.30. The summed E-state index contributed by atoms with van der Waals surface area (Å²) in [6, 6.07) is 0. The monoisotopic (exact) mass is 165 g/mol. The van der Waals surface area contributed by atoms with Crippen LogP contribution in [0.3, 0.4) is 0 Å². The summed E-state index contributed by atoms with van der Waals surface area (Å²) in [5, 5.41) is 8.48. The zero-order valence-electron chi connectivity index (χ0n) is 5.62. The minimum Gasteiger partial charge on any atom is -0.481 e. The molecule has 1 fully saturated rings. The molecule has 1 saturated carbocycles. The summed E-state index contributed by atoms with van der Waals surface area (Å²) in [7, 11) is 0. The van der Waals surface area contributed by atoms with Gasteiger partial charge < -0.3 is 10.8 Å². The van der Waals surface area contributed by atoms with Crippen molar-refractivity contribution in [2.45, 2.75) is 12.8 Å². The Balaban J connectivity index is 0.000000810. The molecule has 0 aliphatic heterocycles. The molecule has 1 rings (SSSR count). The van der Waals surface area contributed by atoms with Crippen LogP contribution >= 0.6 is 12.4 Å². The van der Waals surface area contributed by atoms with Gasteiger partial charge in [-0.2, -0.15) is 0 Å². The van der Waals surface area contributed by atoms with Gasteiger partial charge in [0.25, 0.3) is 0 Å². The first-order valence-electron chi connectivity index (χ1n) is 3.18. The molecule has 0 radical (unpaired) electrons. The van der Waals surface area contributed by atoms with Crippen LogP contribution in [-0.4, -0.2) is 17.6 Å². The molecule has 0 aromatic rings. The second-order valence-corrected chi connectivity index (χ2v) is 2.52. The molecule has 1 aliphatic carbocycles. The van der Waals surface area contributed by atoms with Gasteiger partial charge in [0.1, 0.15) is 0 Å². The van der Waals surface area contributed by atoms with Gasteiger partial charge in [0, 0.05) is 0 Å². The van der Waals surface area contributed by atoms with Crippen LogP contribution in [0.25, 0.3) is 0 Å². The second-order valence-electron chi connectivity index (χ2n) is 2.52. The van der Waals surface area contributed by atoms with Crippen molar-refractivity contribution in [1.29, 1.82) is 0 Å². The van der Waals surface area contributed by atoms with Crippen molar-refractivity contribution in [2.24, 2.45) is 17.6 Å². The van der Waals surface area contributed by atoms with E-state index in [0.717, 1.165) is 12.8 Å². The molecule has 60 valence electrons. The molecule has 0 amide bonds. The first kappa shape index (κ1) is 9.72. The van der Waals surface area contributed by atoms with E-state index in [0.29, 0.717) is 6.54 Å². The summed E-state index contributed by atoms with van der Waals surface area (Å²) in [5.74, 6) is -0.575. The van der Waals surface area contributed by atoms with Crippen LogP contribution < -0.4 is 5.73 Å². The maximum absolute atomic E-state index is 10.3. The van der Waals surface area contributed by atoms with Crippen LogP contribution in [0.2, 0.25) is 0 Å². The van der Waals surface area contributed by atoms with E-state index < -0.39 is 5.97 Å². The fourth-order valence-corrected chi connectivity index (χ4v) is 1.18. The Morgan fingerprint density at radius 1 is 1.60 bits per heavy atom. The number of nitrogens with two attached hydrogens (primary N) is 1. The number of carboxylic acid groups (broad SMARTS) is 1. The number of halogens is 1. The minimum atomic E-state index is -0.684. The van der Waals surface area contributed by atoms with Gasteiger partial charge in [-0.25, -0.2) is 0 Å². The lowest BCUT2D eigenvalue weighted by Gasteiger charge is -2.31. The molecule has 0 spiro atoms. The third-order valence-electron chi connectivity index (χ3n) is 2.04. The smallest absolute Gasteiger partial charge is 0.306 e. The molecular weight excluding hydrogens is 154 g/mol. The third-order valence-corrected chi connectivity index (χ3v) is 2.04. The van der Waals surface area contributed by atoms with Crippen molar-refractivity contribution < 1.29 is 9.90 Å². The lowest BCUT2D eigenvalue weighted by atomic mass is 9.74. The van der Waals surface area contributed by atoms with Gasteiger partial charge >= 0.3 is 5.97 Å². The van der Waals surface area contributed by atoms with Gasteiger partial charge in [0.05, 0.1) is 5.92 Å². The van der Waals surface area contributed by atoms with E-state index in [1.165, 1.54) is 0 Å². The Morgan fingerprint density at radius 2 is 2.20 bits per heavy atom. The average molecular weight is 166 g/mol. The fourth-order valence-electron chi connectivity index (χ4n) is 1.18. The highest BCUT2D eigenvalue weighted by molar-refractivity contribution is 5.85. The van der Waals surface area contributed by atoms with Crippen LogP contribution in [0.5, 0.6) is 0 Å². The molecular formula is C6H12ClNO2. The number of rotatable bonds is 2. The maximum atomic E-state index is 10.3. The standard InChI is InChI=1S/C6H11NO2.ClH/c7-3-4-1-2-5(4)6(8)9;/h4-5H,1-3,7H2,(H,8,9);1H/t4-,5-;/m0./s1. The quantitative estimate of drug-likeness (QED) is 0.626. The summed E-state index contributed by atoms with van der Waals surface area (Å²) < 4.78 is 0. The topological polar surface area (TPSA) is 63.3 Å². The summed E-state index contributed by atoms with van der Waals surface area (Å²) >= 11 is 0. The molecule has 3 N–H and O–H groups in total. The Morgan fingerprint density at radius 3 is 2.30 bits per heavy atom. The molecule has 4 heteroatoms. The van der Waals surface area contributed by atoms with Crippen LogP contribution in [-0.2, 0) is 4.79 Å². The lowest BCUT2D eigenvalue weighted by Crippen LogP contribution is -2.37. The van der Waals surface area contributed by atoms with E-state index in [-0.39, 0.29) is 24.2 Å². The SMILES string of the molecule is Cl.NC[C@@H]1CC[C@@H]1C(=O)O. The summed E-state index contributed by atoms with van der Waals surface area (Å²) in [6.07, 6.45) is 1.81. The van der Waals surface area contributed by atoms with Crippen molar-refractivity contribution in [3.8, 4) is 0 Å². The van der Waals surface area contributed by atoms with Gasteiger partial charge in [-0.15, -0.1) is 12.4 Å². The van der Waals surface area contributed by atoms with E-state index in [2.05, 4.69) is 0 Å². The van der Waals surface area contributed by atoms with Gasteiger partial charge in [-0.05, 0) is 25.3 Å². The average Bonchev–Trinajstić information content (AvgIpc) is 1.61. The normalized spacial score (nSPS) is 30.1. The van der Waals surface area contributed by atoms with Gasteiger partial charge in [0.2, 0.25) is 0 Å². The zero-order valence-corrected chi connectivity index (χ0v) is 6.43. The molecule has 10 heavy (non-hydrogen) atoms. The van der Waals surface area contributed by atoms with Crippen molar-refractivity contribution >= 4 is 18.4 Å². The van der Waals surface area contributed by atoms with Crippen molar-refractivity contribution in [3.05, 3.63) is 0 Å². The predicted molar refractivity (Wildman–Crippen MR) is 40.2 cm³/mol. The maximum Gasteiger partial charge on any atom is 0.306 e. The van der Waals surface area contributed by atoms with Crippen LogP contribution in [0, 0.1) is 11.8 Å². The van der Waals surface area contributed by atoms with Gasteiger partial charge in [0.15, 0.2) is 0 Å². The third kappa shape index (κ3) is 1.61. The van der Waals surface area contributed by atoms with Crippen LogP contribution in [0.4, 0.5) is 0 Å². The van der Waals surface area contributed by atoms with Crippen LogP contribution in [0.15, 0.2) is 0 Å². The van der Waals surface area contributed by atoms with Crippen molar-refractivity contribution in [1.82, 2.24) is 0 Å². The van der Waals surface area contributed by atoms with Crippen molar-refractivity contribution in [2.75, 3.05) is 6.54 Å². The van der Waals surface area contributed by atoms with E-state index in [1.54, 1.807) is 0 Å². The molecule has 0 bridgehead atoms. The van der Waals surface area contributed by atoms with E-state index in [9.17, 15) is 4.79 Å². The molecule has 2 atom stereocenters. The Hall–Kier alpha value is -0.280. The Labute approximate surface area is 66.0 Å². The molecule has 3 nitrogen and oxygen atoms in total. The lowest BCUT2D eigenvalue weighted by molar-refractivity contribution is -0.147.